The Bertz CT molecular complexity index is 388. The molecule has 2 nitrogen and oxygen atoms in total. The standard InChI is InChI=1S/C15H24FNOS/c1-11(2)14(3)13(18)17-12(19-14)7-10-15(16)8-5-4-6-9-15/h11H,4-10H2,1-3H3/t14-/m1/s1. The van der Waals surface area contributed by atoms with Gasteiger partial charge in [-0.3, -0.25) is 4.79 Å². The van der Waals surface area contributed by atoms with E-state index in [0.717, 1.165) is 24.3 Å². The van der Waals surface area contributed by atoms with E-state index in [1.165, 1.54) is 0 Å². The molecule has 1 saturated carbocycles. The lowest BCUT2D eigenvalue weighted by Gasteiger charge is -2.29. The van der Waals surface area contributed by atoms with Gasteiger partial charge in [-0.05, 0) is 38.5 Å². The molecule has 19 heavy (non-hydrogen) atoms. The summed E-state index contributed by atoms with van der Waals surface area (Å²) in [7, 11) is 0. The molecule has 1 aliphatic carbocycles. The summed E-state index contributed by atoms with van der Waals surface area (Å²) in [5.41, 5.74) is -1.01. The highest BCUT2D eigenvalue weighted by molar-refractivity contribution is 8.16. The van der Waals surface area contributed by atoms with Gasteiger partial charge in [0, 0.05) is 0 Å². The van der Waals surface area contributed by atoms with Gasteiger partial charge in [-0.15, -0.1) is 0 Å². The van der Waals surface area contributed by atoms with E-state index in [4.69, 9.17) is 0 Å². The summed E-state index contributed by atoms with van der Waals surface area (Å²) >= 11 is 1.55. The van der Waals surface area contributed by atoms with Gasteiger partial charge in [0.25, 0.3) is 5.91 Å². The first-order valence-corrected chi connectivity index (χ1v) is 8.17. The monoisotopic (exact) mass is 285 g/mol. The van der Waals surface area contributed by atoms with Crippen LogP contribution in [-0.4, -0.2) is 21.4 Å². The van der Waals surface area contributed by atoms with Gasteiger partial charge < -0.3 is 0 Å². The second kappa shape index (κ2) is 5.55. The van der Waals surface area contributed by atoms with E-state index in [2.05, 4.69) is 4.99 Å². The van der Waals surface area contributed by atoms with Gasteiger partial charge in [-0.1, -0.05) is 44.9 Å². The third-order valence-electron chi connectivity index (χ3n) is 4.62. The molecule has 2 aliphatic rings. The normalized spacial score (nSPS) is 30.8. The SMILES string of the molecule is CC(C)[C@@]1(C)SC(CCC2(F)CCCCC2)=NC1=O. The fourth-order valence-corrected chi connectivity index (χ4v) is 3.96. The Kier molecular flexibility index (Phi) is 4.38. The van der Waals surface area contributed by atoms with E-state index < -0.39 is 10.4 Å². The highest BCUT2D eigenvalue weighted by atomic mass is 32.2. The van der Waals surface area contributed by atoms with Crippen molar-refractivity contribution in [3.8, 4) is 0 Å². The quantitative estimate of drug-likeness (QED) is 0.759. The predicted molar refractivity (Wildman–Crippen MR) is 79.4 cm³/mol. The molecule has 0 aromatic heterocycles. The fraction of sp³-hybridized carbons (Fsp3) is 0.867. The molecule has 0 saturated heterocycles. The number of aliphatic imine (C=N–C) groups is 1. The van der Waals surface area contributed by atoms with E-state index in [0.29, 0.717) is 25.7 Å². The van der Waals surface area contributed by atoms with Gasteiger partial charge in [-0.25, -0.2) is 9.38 Å². The minimum absolute atomic E-state index is 0.0425. The van der Waals surface area contributed by atoms with Gasteiger partial charge in [0.1, 0.15) is 10.4 Å². The minimum Gasteiger partial charge on any atom is -0.271 e. The molecule has 108 valence electrons. The Balaban J connectivity index is 1.91. The van der Waals surface area contributed by atoms with Crippen molar-refractivity contribution in [2.24, 2.45) is 10.9 Å². The number of halogens is 1. The molecule has 0 aromatic carbocycles. The number of thioether (sulfide) groups is 1. The second-order valence-corrected chi connectivity index (χ2v) is 7.91. The number of rotatable bonds is 4. The van der Waals surface area contributed by atoms with Crippen LogP contribution in [0.5, 0.6) is 0 Å². The molecule has 1 fully saturated rings. The number of alkyl halides is 1. The summed E-state index contributed by atoms with van der Waals surface area (Å²) in [6.45, 7) is 6.04. The lowest BCUT2D eigenvalue weighted by Crippen LogP contribution is -2.33. The van der Waals surface area contributed by atoms with E-state index >= 15 is 0 Å². The van der Waals surface area contributed by atoms with Crippen molar-refractivity contribution in [3.63, 3.8) is 0 Å². The number of carbonyl (C=O) groups excluding carboxylic acids is 1. The van der Waals surface area contributed by atoms with Gasteiger partial charge in [0.15, 0.2) is 0 Å². The number of hydrogen-bond donors (Lipinski definition) is 0. The highest BCUT2D eigenvalue weighted by Gasteiger charge is 2.44. The number of hydrogen-bond acceptors (Lipinski definition) is 2. The van der Waals surface area contributed by atoms with Crippen LogP contribution in [0.4, 0.5) is 4.39 Å². The van der Waals surface area contributed by atoms with E-state index in [9.17, 15) is 9.18 Å². The maximum Gasteiger partial charge on any atom is 0.263 e. The van der Waals surface area contributed by atoms with Crippen LogP contribution in [-0.2, 0) is 4.79 Å². The second-order valence-electron chi connectivity index (χ2n) is 6.39. The van der Waals surface area contributed by atoms with Crippen LogP contribution in [0.2, 0.25) is 0 Å². The largest absolute Gasteiger partial charge is 0.271 e. The smallest absolute Gasteiger partial charge is 0.263 e. The highest BCUT2D eigenvalue weighted by Crippen LogP contribution is 2.43. The summed E-state index contributed by atoms with van der Waals surface area (Å²) in [5, 5.41) is 0.837. The topological polar surface area (TPSA) is 29.4 Å². The maximum atomic E-state index is 14.5. The molecule has 0 radical (unpaired) electrons. The van der Waals surface area contributed by atoms with Crippen LogP contribution in [0.25, 0.3) is 0 Å². The molecule has 1 aliphatic heterocycles. The summed E-state index contributed by atoms with van der Waals surface area (Å²) in [5.74, 6) is 0.208. The molecule has 4 heteroatoms. The molecule has 0 spiro atoms. The fourth-order valence-electron chi connectivity index (χ4n) is 2.77. The zero-order valence-electron chi connectivity index (χ0n) is 12.2. The first-order valence-electron chi connectivity index (χ1n) is 7.36. The Morgan fingerprint density at radius 3 is 2.47 bits per heavy atom. The Morgan fingerprint density at radius 1 is 1.32 bits per heavy atom. The number of nitrogens with zero attached hydrogens (tertiary/aromatic N) is 1. The van der Waals surface area contributed by atoms with Crippen molar-refractivity contribution in [1.82, 2.24) is 0 Å². The third kappa shape index (κ3) is 3.21. The van der Waals surface area contributed by atoms with Crippen LogP contribution in [0, 0.1) is 5.92 Å². The van der Waals surface area contributed by atoms with Gasteiger partial charge in [-0.2, -0.15) is 0 Å². The van der Waals surface area contributed by atoms with Crippen molar-refractivity contribution in [2.75, 3.05) is 0 Å². The number of carbonyl (C=O) groups is 1. The maximum absolute atomic E-state index is 14.5. The Hall–Kier alpha value is -0.380. The van der Waals surface area contributed by atoms with Crippen LogP contribution in [0.3, 0.4) is 0 Å². The van der Waals surface area contributed by atoms with Crippen molar-refractivity contribution in [2.45, 2.75) is 76.1 Å². The average molecular weight is 285 g/mol. The summed E-state index contributed by atoms with van der Waals surface area (Å²) in [6, 6.07) is 0. The minimum atomic E-state index is -1.01. The van der Waals surface area contributed by atoms with Gasteiger partial charge in [0.05, 0.1) is 5.04 Å². The molecule has 1 amide bonds. The lowest BCUT2D eigenvalue weighted by molar-refractivity contribution is -0.120. The van der Waals surface area contributed by atoms with Crippen molar-refractivity contribution in [3.05, 3.63) is 0 Å². The molecule has 0 N–H and O–H groups in total. The molecule has 1 heterocycles. The third-order valence-corrected chi connectivity index (χ3v) is 6.22. The van der Waals surface area contributed by atoms with Crippen LogP contribution < -0.4 is 0 Å². The summed E-state index contributed by atoms with van der Waals surface area (Å²) < 4.78 is 14.1. The first-order chi connectivity index (χ1) is 8.86. The van der Waals surface area contributed by atoms with Gasteiger partial charge >= 0.3 is 0 Å². The zero-order valence-corrected chi connectivity index (χ0v) is 13.0. The van der Waals surface area contributed by atoms with E-state index in [-0.39, 0.29) is 11.8 Å². The van der Waals surface area contributed by atoms with Crippen molar-refractivity contribution >= 4 is 22.7 Å². The van der Waals surface area contributed by atoms with Crippen molar-refractivity contribution in [1.29, 1.82) is 0 Å². The molecule has 0 unspecified atom stereocenters. The van der Waals surface area contributed by atoms with Crippen LogP contribution in [0.15, 0.2) is 4.99 Å². The van der Waals surface area contributed by atoms with Crippen molar-refractivity contribution < 1.29 is 9.18 Å². The van der Waals surface area contributed by atoms with E-state index in [1.54, 1.807) is 11.8 Å². The average Bonchev–Trinajstić information content (AvgIpc) is 2.65. The molecular weight excluding hydrogens is 261 g/mol. The predicted octanol–water partition coefficient (Wildman–Crippen LogP) is 4.53. The van der Waals surface area contributed by atoms with Gasteiger partial charge in [0.2, 0.25) is 0 Å². The molecule has 0 aromatic rings. The molecule has 0 bridgehead atoms. The zero-order chi connectivity index (χ0) is 14.1. The molecular formula is C15H24FNOS. The lowest BCUT2D eigenvalue weighted by atomic mass is 9.83. The van der Waals surface area contributed by atoms with Crippen LogP contribution in [0.1, 0.15) is 65.7 Å². The Morgan fingerprint density at radius 2 is 1.95 bits per heavy atom. The summed E-state index contributed by atoms with van der Waals surface area (Å²) in [4.78, 5) is 16.1. The number of amides is 1. The Labute approximate surface area is 119 Å². The first kappa shape index (κ1) is 15.0. The summed E-state index contributed by atoms with van der Waals surface area (Å²) in [6.07, 6.45) is 5.67. The molecule has 1 atom stereocenters. The van der Waals surface area contributed by atoms with E-state index in [1.807, 2.05) is 20.8 Å². The van der Waals surface area contributed by atoms with Crippen LogP contribution >= 0.6 is 11.8 Å². The molecule has 2 rings (SSSR count).